The van der Waals surface area contributed by atoms with Crippen LogP contribution in [0.15, 0.2) is 48.5 Å². The summed E-state index contributed by atoms with van der Waals surface area (Å²) in [6.45, 7) is 3.76. The molecule has 3 nitrogen and oxygen atoms in total. The molecular formula is C27H32N2O. The van der Waals surface area contributed by atoms with Gasteiger partial charge in [0.2, 0.25) is 0 Å². The number of H-pyrrole nitrogens is 1. The predicted octanol–water partition coefficient (Wildman–Crippen LogP) is 5.34. The van der Waals surface area contributed by atoms with Crippen LogP contribution in [0.1, 0.15) is 42.5 Å². The highest BCUT2D eigenvalue weighted by Gasteiger charge is 2.48. The Morgan fingerprint density at radius 1 is 1.13 bits per heavy atom. The number of likely N-dealkylation sites (tertiary alicyclic amines) is 1. The highest BCUT2D eigenvalue weighted by atomic mass is 16.5. The molecule has 2 fully saturated rings. The van der Waals surface area contributed by atoms with E-state index in [1.807, 2.05) is 0 Å². The third-order valence-electron chi connectivity index (χ3n) is 8.36. The molecule has 30 heavy (non-hydrogen) atoms. The maximum Gasteiger partial charge on any atom is 0.119 e. The van der Waals surface area contributed by atoms with Gasteiger partial charge in [0.15, 0.2) is 0 Å². The number of piperidine rings is 1. The number of methoxy groups -OCH3 is 1. The van der Waals surface area contributed by atoms with Crippen LogP contribution in [-0.2, 0) is 18.3 Å². The van der Waals surface area contributed by atoms with E-state index in [0.29, 0.717) is 5.92 Å². The molecule has 0 bridgehead atoms. The number of fused-ring (bicyclic) bond motifs is 4. The number of aromatic amines is 1. The second kappa shape index (κ2) is 7.16. The Morgan fingerprint density at radius 3 is 2.87 bits per heavy atom. The molecule has 2 unspecified atom stereocenters. The van der Waals surface area contributed by atoms with Gasteiger partial charge in [-0.25, -0.2) is 0 Å². The Labute approximate surface area is 179 Å². The van der Waals surface area contributed by atoms with Crippen molar-refractivity contribution in [3.8, 4) is 5.75 Å². The minimum absolute atomic E-state index is 0.207. The SMILES string of the molecule is COc1cccc(C23CCN(CC4CCC4)CC2Cc2c([nH]c4ccccc24)C3)c1. The van der Waals surface area contributed by atoms with Gasteiger partial charge in [-0.15, -0.1) is 0 Å². The van der Waals surface area contributed by atoms with E-state index in [1.54, 1.807) is 12.7 Å². The highest BCUT2D eigenvalue weighted by Crippen LogP contribution is 2.49. The first-order chi connectivity index (χ1) is 14.7. The topological polar surface area (TPSA) is 28.3 Å². The van der Waals surface area contributed by atoms with Gasteiger partial charge in [-0.1, -0.05) is 36.8 Å². The molecule has 2 aromatic carbocycles. The maximum atomic E-state index is 5.62. The van der Waals surface area contributed by atoms with Crippen LogP contribution in [0, 0.1) is 11.8 Å². The molecule has 1 aliphatic heterocycles. The van der Waals surface area contributed by atoms with Crippen molar-refractivity contribution in [2.75, 3.05) is 26.7 Å². The zero-order valence-corrected chi connectivity index (χ0v) is 18.0. The molecule has 0 radical (unpaired) electrons. The summed E-state index contributed by atoms with van der Waals surface area (Å²) in [5.41, 5.74) is 6.01. The van der Waals surface area contributed by atoms with Crippen molar-refractivity contribution in [3.05, 3.63) is 65.4 Å². The Hall–Kier alpha value is -2.26. The summed E-state index contributed by atoms with van der Waals surface area (Å²) < 4.78 is 5.62. The molecule has 2 heterocycles. The number of ether oxygens (including phenoxy) is 1. The fourth-order valence-corrected chi connectivity index (χ4v) is 6.46. The van der Waals surface area contributed by atoms with Gasteiger partial charge in [0.05, 0.1) is 7.11 Å². The van der Waals surface area contributed by atoms with E-state index in [9.17, 15) is 0 Å². The molecule has 1 saturated heterocycles. The Bertz CT molecular complexity index is 1070. The summed E-state index contributed by atoms with van der Waals surface area (Å²) in [5.74, 6) is 2.59. The number of hydrogen-bond donors (Lipinski definition) is 1. The van der Waals surface area contributed by atoms with Crippen LogP contribution in [0.4, 0.5) is 0 Å². The number of para-hydroxylation sites is 1. The highest BCUT2D eigenvalue weighted by molar-refractivity contribution is 5.85. The molecule has 1 saturated carbocycles. The average molecular weight is 401 g/mol. The standard InChI is InChI=1S/C27H32N2O/c1-30-22-9-5-8-20(14-22)27-12-13-29(17-19-6-4-7-19)18-21(27)15-24-23-10-2-3-11-25(23)28-26(24)16-27/h2-3,5,8-11,14,19,21,28H,4,6-7,12-13,15-18H2,1H3. The van der Waals surface area contributed by atoms with Crippen molar-refractivity contribution in [2.24, 2.45) is 11.8 Å². The van der Waals surface area contributed by atoms with Gasteiger partial charge in [-0.3, -0.25) is 0 Å². The first-order valence-electron chi connectivity index (χ1n) is 11.7. The predicted molar refractivity (Wildman–Crippen MR) is 122 cm³/mol. The number of nitrogens with zero attached hydrogens (tertiary/aromatic N) is 1. The summed E-state index contributed by atoms with van der Waals surface area (Å²) >= 11 is 0. The lowest BCUT2D eigenvalue weighted by molar-refractivity contribution is 0.0592. The second-order valence-electron chi connectivity index (χ2n) is 9.90. The van der Waals surface area contributed by atoms with Crippen molar-refractivity contribution >= 4 is 10.9 Å². The summed E-state index contributed by atoms with van der Waals surface area (Å²) in [6.07, 6.45) is 7.86. The summed E-state index contributed by atoms with van der Waals surface area (Å²) in [6, 6.07) is 17.8. The number of hydrogen-bond acceptors (Lipinski definition) is 2. The second-order valence-corrected chi connectivity index (χ2v) is 9.90. The third-order valence-corrected chi connectivity index (χ3v) is 8.36. The average Bonchev–Trinajstić information content (AvgIpc) is 3.11. The van der Waals surface area contributed by atoms with Crippen LogP contribution in [0.3, 0.4) is 0 Å². The zero-order chi connectivity index (χ0) is 20.1. The minimum atomic E-state index is 0.207. The van der Waals surface area contributed by atoms with Crippen LogP contribution in [0.2, 0.25) is 0 Å². The lowest BCUT2D eigenvalue weighted by Crippen LogP contribution is -2.54. The van der Waals surface area contributed by atoms with Gasteiger partial charge in [-0.05, 0) is 79.8 Å². The molecular weight excluding hydrogens is 368 g/mol. The molecule has 1 aromatic heterocycles. The molecule has 1 N–H and O–H groups in total. The molecule has 156 valence electrons. The summed E-state index contributed by atoms with van der Waals surface area (Å²) in [5, 5.41) is 1.43. The first-order valence-corrected chi connectivity index (χ1v) is 11.7. The summed E-state index contributed by atoms with van der Waals surface area (Å²) in [7, 11) is 1.78. The van der Waals surface area contributed by atoms with Gasteiger partial charge < -0.3 is 14.6 Å². The Balaban J connectivity index is 1.41. The van der Waals surface area contributed by atoms with Crippen molar-refractivity contribution in [3.63, 3.8) is 0 Å². The van der Waals surface area contributed by atoms with Crippen LogP contribution >= 0.6 is 0 Å². The lowest BCUT2D eigenvalue weighted by atomic mass is 9.58. The van der Waals surface area contributed by atoms with E-state index in [2.05, 4.69) is 58.4 Å². The molecule has 0 spiro atoms. The molecule has 3 aliphatic rings. The van der Waals surface area contributed by atoms with Gasteiger partial charge in [0, 0.05) is 35.1 Å². The fraction of sp³-hybridized carbons (Fsp3) is 0.481. The molecule has 3 aromatic rings. The van der Waals surface area contributed by atoms with Gasteiger partial charge in [0.25, 0.3) is 0 Å². The number of aromatic nitrogens is 1. The number of benzene rings is 2. The van der Waals surface area contributed by atoms with Crippen LogP contribution < -0.4 is 4.74 Å². The maximum absolute atomic E-state index is 5.62. The van der Waals surface area contributed by atoms with E-state index in [0.717, 1.165) is 18.1 Å². The molecule has 0 amide bonds. The number of nitrogens with one attached hydrogen (secondary N) is 1. The molecule has 6 rings (SSSR count). The smallest absolute Gasteiger partial charge is 0.119 e. The monoisotopic (exact) mass is 400 g/mol. The van der Waals surface area contributed by atoms with E-state index < -0.39 is 0 Å². The van der Waals surface area contributed by atoms with Crippen LogP contribution in [0.5, 0.6) is 5.75 Å². The minimum Gasteiger partial charge on any atom is -0.497 e. The van der Waals surface area contributed by atoms with E-state index in [-0.39, 0.29) is 5.41 Å². The number of rotatable bonds is 4. The van der Waals surface area contributed by atoms with Crippen molar-refractivity contribution < 1.29 is 4.74 Å². The molecule has 2 aliphatic carbocycles. The van der Waals surface area contributed by atoms with E-state index >= 15 is 0 Å². The Kier molecular flexibility index (Phi) is 4.42. The van der Waals surface area contributed by atoms with E-state index in [1.165, 1.54) is 73.9 Å². The quantitative estimate of drug-likeness (QED) is 0.641. The van der Waals surface area contributed by atoms with Crippen LogP contribution in [0.25, 0.3) is 10.9 Å². The normalized spacial score (nSPS) is 26.8. The summed E-state index contributed by atoms with van der Waals surface area (Å²) in [4.78, 5) is 6.57. The van der Waals surface area contributed by atoms with Gasteiger partial charge in [-0.2, -0.15) is 0 Å². The molecule has 2 atom stereocenters. The van der Waals surface area contributed by atoms with Crippen molar-refractivity contribution in [1.29, 1.82) is 0 Å². The molecule has 3 heteroatoms. The zero-order valence-electron chi connectivity index (χ0n) is 18.0. The third kappa shape index (κ3) is 2.90. The largest absolute Gasteiger partial charge is 0.497 e. The Morgan fingerprint density at radius 2 is 2.03 bits per heavy atom. The van der Waals surface area contributed by atoms with Gasteiger partial charge in [0.1, 0.15) is 5.75 Å². The van der Waals surface area contributed by atoms with Crippen molar-refractivity contribution in [1.82, 2.24) is 9.88 Å². The first kappa shape index (κ1) is 18.5. The van der Waals surface area contributed by atoms with E-state index in [4.69, 9.17) is 4.74 Å². The fourth-order valence-electron chi connectivity index (χ4n) is 6.46. The van der Waals surface area contributed by atoms with Gasteiger partial charge >= 0.3 is 0 Å². The van der Waals surface area contributed by atoms with Crippen molar-refractivity contribution in [2.45, 2.75) is 43.9 Å². The van der Waals surface area contributed by atoms with Crippen LogP contribution in [-0.4, -0.2) is 36.6 Å². The lowest BCUT2D eigenvalue weighted by Gasteiger charge is -2.52.